The van der Waals surface area contributed by atoms with Gasteiger partial charge in [0, 0.05) is 33.2 Å². The third kappa shape index (κ3) is 9.85. The molecule has 33 heavy (non-hydrogen) atoms. The van der Waals surface area contributed by atoms with Crippen molar-refractivity contribution in [2.24, 2.45) is 4.99 Å². The minimum absolute atomic E-state index is 0. The van der Waals surface area contributed by atoms with E-state index in [2.05, 4.69) is 56.7 Å². The second-order valence-electron chi connectivity index (χ2n) is 8.44. The van der Waals surface area contributed by atoms with E-state index in [0.717, 1.165) is 25.6 Å². The van der Waals surface area contributed by atoms with E-state index in [1.807, 2.05) is 6.92 Å². The van der Waals surface area contributed by atoms with E-state index in [9.17, 15) is 4.39 Å². The molecule has 0 saturated carbocycles. The van der Waals surface area contributed by atoms with Crippen LogP contribution in [0.2, 0.25) is 0 Å². The Morgan fingerprint density at radius 1 is 1.00 bits per heavy atom. The Morgan fingerprint density at radius 3 is 2.39 bits per heavy atom. The quantitative estimate of drug-likeness (QED) is 0.289. The highest BCUT2D eigenvalue weighted by Gasteiger charge is 2.12. The monoisotopic (exact) mass is 569 g/mol. The highest BCUT2D eigenvalue weighted by molar-refractivity contribution is 14.0. The van der Waals surface area contributed by atoms with Crippen molar-refractivity contribution in [3.63, 3.8) is 0 Å². The van der Waals surface area contributed by atoms with Gasteiger partial charge in [-0.1, -0.05) is 24.3 Å². The van der Waals surface area contributed by atoms with Gasteiger partial charge in [-0.3, -0.25) is 9.89 Å². The molecule has 1 heterocycles. The van der Waals surface area contributed by atoms with E-state index >= 15 is 0 Å². The fraction of sp³-hybridized carbons (Fsp3) is 0.480. The summed E-state index contributed by atoms with van der Waals surface area (Å²) >= 11 is 0. The van der Waals surface area contributed by atoms with Crippen LogP contribution in [0.5, 0.6) is 5.75 Å². The highest BCUT2D eigenvalue weighted by atomic mass is 127. The number of halogens is 2. The number of guanidine groups is 1. The Balaban J connectivity index is 0.00000385. The smallest absolute Gasteiger partial charge is 0.191 e. The van der Waals surface area contributed by atoms with Gasteiger partial charge in [0.05, 0.1) is 6.54 Å². The lowest BCUT2D eigenvalue weighted by Gasteiger charge is -2.20. The van der Waals surface area contributed by atoms with Gasteiger partial charge in [-0.15, -0.1) is 24.0 Å². The van der Waals surface area contributed by atoms with E-state index in [1.54, 1.807) is 19.2 Å². The summed E-state index contributed by atoms with van der Waals surface area (Å²) in [5.41, 5.74) is 2.57. The van der Waals surface area contributed by atoms with Crippen molar-refractivity contribution in [1.29, 1.82) is 0 Å². The molecule has 0 bridgehead atoms. The molecule has 0 aromatic heterocycles. The topological polar surface area (TPSA) is 52.1 Å². The van der Waals surface area contributed by atoms with Gasteiger partial charge >= 0.3 is 0 Å². The maximum atomic E-state index is 13.0. The zero-order valence-electron chi connectivity index (χ0n) is 19.9. The van der Waals surface area contributed by atoms with Crippen molar-refractivity contribution in [3.8, 4) is 5.75 Å². The summed E-state index contributed by atoms with van der Waals surface area (Å²) in [6.45, 7) is 8.88. The molecule has 6 nitrogen and oxygen atoms in total. The van der Waals surface area contributed by atoms with Gasteiger partial charge in [0.25, 0.3) is 0 Å². The van der Waals surface area contributed by atoms with Crippen LogP contribution in [-0.2, 0) is 13.1 Å². The Kier molecular flexibility index (Phi) is 11.9. The summed E-state index contributed by atoms with van der Waals surface area (Å²) in [4.78, 5) is 9.23. The molecule has 0 amide bonds. The molecule has 2 aromatic carbocycles. The molecule has 2 N–H and O–H groups in total. The van der Waals surface area contributed by atoms with E-state index in [1.165, 1.54) is 42.8 Å². The lowest BCUT2D eigenvalue weighted by Crippen LogP contribution is -2.41. The molecule has 0 spiro atoms. The number of hydrogen-bond donors (Lipinski definition) is 2. The first kappa shape index (κ1) is 27.3. The predicted octanol–water partition coefficient (Wildman–Crippen LogP) is 3.71. The first-order valence-corrected chi connectivity index (χ1v) is 11.4. The van der Waals surface area contributed by atoms with Gasteiger partial charge < -0.3 is 20.3 Å². The number of nitrogens with one attached hydrogen (secondary N) is 2. The summed E-state index contributed by atoms with van der Waals surface area (Å²) in [6, 6.07) is 14.9. The summed E-state index contributed by atoms with van der Waals surface area (Å²) < 4.78 is 18.8. The second kappa shape index (κ2) is 14.4. The number of nitrogens with zero attached hydrogens (tertiary/aromatic N) is 3. The van der Waals surface area contributed by atoms with Gasteiger partial charge in [-0.25, -0.2) is 4.39 Å². The molecular formula is C25H37FIN5O. The fourth-order valence-corrected chi connectivity index (χ4v) is 3.71. The average Bonchev–Trinajstić information content (AvgIpc) is 3.00. The molecule has 1 saturated heterocycles. The highest BCUT2D eigenvalue weighted by Crippen LogP contribution is 2.13. The molecule has 8 heteroatoms. The maximum absolute atomic E-state index is 13.0. The van der Waals surface area contributed by atoms with Gasteiger partial charge in [0.2, 0.25) is 0 Å². The molecule has 2 aromatic rings. The van der Waals surface area contributed by atoms with Gasteiger partial charge in [0.15, 0.2) is 5.96 Å². The summed E-state index contributed by atoms with van der Waals surface area (Å²) in [5.74, 6) is 1.10. The molecular weight excluding hydrogens is 532 g/mol. The number of benzene rings is 2. The van der Waals surface area contributed by atoms with Crippen molar-refractivity contribution in [1.82, 2.24) is 20.4 Å². The normalized spacial score (nSPS) is 16.4. The third-order valence-electron chi connectivity index (χ3n) is 5.63. The van der Waals surface area contributed by atoms with Crippen LogP contribution in [0, 0.1) is 5.82 Å². The van der Waals surface area contributed by atoms with Crippen molar-refractivity contribution in [3.05, 3.63) is 65.5 Å². The SMILES string of the molecule is CN=C(NCc1ccc(CN2CCCN(C)CC2)cc1)NCC(C)Oc1ccc(F)cc1.I. The number of rotatable bonds is 8. The third-order valence-corrected chi connectivity index (χ3v) is 5.63. The lowest BCUT2D eigenvalue weighted by molar-refractivity contribution is 0.223. The van der Waals surface area contributed by atoms with Crippen molar-refractivity contribution in [2.45, 2.75) is 32.5 Å². The lowest BCUT2D eigenvalue weighted by atomic mass is 10.1. The van der Waals surface area contributed by atoms with E-state index in [4.69, 9.17) is 4.74 Å². The van der Waals surface area contributed by atoms with Crippen LogP contribution in [-0.4, -0.2) is 68.7 Å². The van der Waals surface area contributed by atoms with Crippen LogP contribution in [0.25, 0.3) is 0 Å². The maximum Gasteiger partial charge on any atom is 0.191 e. The van der Waals surface area contributed by atoms with Gasteiger partial charge in [-0.05, 0) is 68.9 Å². The fourth-order valence-electron chi connectivity index (χ4n) is 3.71. The van der Waals surface area contributed by atoms with Crippen molar-refractivity contribution >= 4 is 29.9 Å². The van der Waals surface area contributed by atoms with Gasteiger partial charge in [0.1, 0.15) is 17.7 Å². The zero-order valence-corrected chi connectivity index (χ0v) is 22.2. The largest absolute Gasteiger partial charge is 0.489 e. The molecule has 0 radical (unpaired) electrons. The van der Waals surface area contributed by atoms with Crippen molar-refractivity contribution < 1.29 is 9.13 Å². The molecule has 1 fully saturated rings. The van der Waals surface area contributed by atoms with Crippen LogP contribution in [0.4, 0.5) is 4.39 Å². The molecule has 1 aliphatic rings. The molecule has 182 valence electrons. The number of aliphatic imine (C=N–C) groups is 1. The Morgan fingerprint density at radius 2 is 1.70 bits per heavy atom. The minimum atomic E-state index is -0.268. The van der Waals surface area contributed by atoms with Crippen molar-refractivity contribution in [2.75, 3.05) is 46.8 Å². The standard InChI is InChI=1S/C25H36FN5O.HI/c1-20(32-24-11-9-23(26)10-12-24)17-28-25(27-2)29-18-21-5-7-22(8-6-21)19-31-14-4-13-30(3)15-16-31;/h5-12,20H,4,13-19H2,1-3H3,(H2,27,28,29);1H. The summed E-state index contributed by atoms with van der Waals surface area (Å²) in [7, 11) is 3.95. The molecule has 1 unspecified atom stereocenters. The molecule has 0 aliphatic carbocycles. The average molecular weight is 570 g/mol. The molecule has 1 atom stereocenters. The van der Waals surface area contributed by atoms with Gasteiger partial charge in [-0.2, -0.15) is 0 Å². The Bertz CT molecular complexity index is 847. The number of hydrogen-bond acceptors (Lipinski definition) is 4. The Hall–Kier alpha value is -1.91. The zero-order chi connectivity index (χ0) is 22.8. The number of likely N-dealkylation sites (N-methyl/N-ethyl adjacent to an activating group) is 1. The predicted molar refractivity (Wildman–Crippen MR) is 144 cm³/mol. The summed E-state index contributed by atoms with van der Waals surface area (Å²) in [5, 5.41) is 6.62. The van der Waals surface area contributed by atoms with E-state index in [0.29, 0.717) is 18.8 Å². The number of ether oxygens (including phenoxy) is 1. The van der Waals surface area contributed by atoms with E-state index < -0.39 is 0 Å². The minimum Gasteiger partial charge on any atom is -0.489 e. The van der Waals surface area contributed by atoms with E-state index in [-0.39, 0.29) is 35.9 Å². The second-order valence-corrected chi connectivity index (χ2v) is 8.44. The van der Waals surface area contributed by atoms with Crippen LogP contribution in [0.1, 0.15) is 24.5 Å². The first-order valence-electron chi connectivity index (χ1n) is 11.4. The van der Waals surface area contributed by atoms with Crippen LogP contribution in [0.15, 0.2) is 53.5 Å². The van der Waals surface area contributed by atoms with Crippen LogP contribution in [0.3, 0.4) is 0 Å². The van der Waals surface area contributed by atoms with Crippen LogP contribution >= 0.6 is 24.0 Å². The van der Waals surface area contributed by atoms with Crippen LogP contribution < -0.4 is 15.4 Å². The molecule has 1 aliphatic heterocycles. The first-order chi connectivity index (χ1) is 15.5. The molecule has 3 rings (SSSR count). The Labute approximate surface area is 214 Å². The summed E-state index contributed by atoms with van der Waals surface area (Å²) in [6.07, 6.45) is 1.15.